The van der Waals surface area contributed by atoms with Crippen molar-refractivity contribution in [3.8, 4) is 0 Å². The molecule has 0 aliphatic carbocycles. The number of nitrogens with one attached hydrogen (secondary N) is 2. The molecule has 7 nitrogen and oxygen atoms in total. The topological polar surface area (TPSA) is 101 Å². The fourth-order valence-corrected chi connectivity index (χ4v) is 2.31. The molecule has 1 fully saturated rings. The average molecular weight is 291 g/mol. The van der Waals surface area contributed by atoms with Crippen LogP contribution in [-0.2, 0) is 4.79 Å². The van der Waals surface area contributed by atoms with E-state index in [4.69, 9.17) is 0 Å². The van der Waals surface area contributed by atoms with Crippen LogP contribution in [0.1, 0.15) is 36.5 Å². The summed E-state index contributed by atoms with van der Waals surface area (Å²) in [6, 6.07) is 4.39. The second-order valence-corrected chi connectivity index (χ2v) is 5.06. The SMILES string of the molecule is CC(=O)c1ccc(NC2CCNC(=O)CC2)c([N+](=O)[O-])c1. The van der Waals surface area contributed by atoms with E-state index in [2.05, 4.69) is 10.6 Å². The molecule has 1 saturated heterocycles. The van der Waals surface area contributed by atoms with Crippen molar-refractivity contribution in [2.75, 3.05) is 11.9 Å². The monoisotopic (exact) mass is 291 g/mol. The van der Waals surface area contributed by atoms with Crippen LogP contribution >= 0.6 is 0 Å². The van der Waals surface area contributed by atoms with Gasteiger partial charge in [-0.15, -0.1) is 0 Å². The standard InChI is InChI=1S/C14H17N3O4/c1-9(18)10-2-4-12(13(8-10)17(20)21)16-11-3-5-14(19)15-7-6-11/h2,4,8,11,16H,3,5-7H2,1H3,(H,15,19). The fraction of sp³-hybridized carbons (Fsp3) is 0.429. The van der Waals surface area contributed by atoms with Gasteiger partial charge in [-0.2, -0.15) is 0 Å². The predicted octanol–water partition coefficient (Wildman–Crippen LogP) is 1.88. The summed E-state index contributed by atoms with van der Waals surface area (Å²) < 4.78 is 0. The zero-order valence-electron chi connectivity index (χ0n) is 11.7. The summed E-state index contributed by atoms with van der Waals surface area (Å²) in [5, 5.41) is 17.0. The van der Waals surface area contributed by atoms with E-state index >= 15 is 0 Å². The maximum atomic E-state index is 11.3. The van der Waals surface area contributed by atoms with Crippen LogP contribution in [0.5, 0.6) is 0 Å². The first-order chi connectivity index (χ1) is 9.97. The molecule has 0 bridgehead atoms. The van der Waals surface area contributed by atoms with Gasteiger partial charge in [0.15, 0.2) is 5.78 Å². The van der Waals surface area contributed by atoms with Gasteiger partial charge in [0.05, 0.1) is 4.92 Å². The average Bonchev–Trinajstić information content (AvgIpc) is 2.63. The van der Waals surface area contributed by atoms with Crippen molar-refractivity contribution in [2.45, 2.75) is 32.2 Å². The van der Waals surface area contributed by atoms with E-state index in [9.17, 15) is 19.7 Å². The normalized spacial score (nSPS) is 18.5. The summed E-state index contributed by atoms with van der Waals surface area (Å²) in [4.78, 5) is 33.2. The molecule has 2 N–H and O–H groups in total. The number of nitro groups is 1. The first-order valence-corrected chi connectivity index (χ1v) is 6.80. The van der Waals surface area contributed by atoms with Crippen LogP contribution in [0.3, 0.4) is 0 Å². The summed E-state index contributed by atoms with van der Waals surface area (Å²) in [5.41, 5.74) is 0.570. The summed E-state index contributed by atoms with van der Waals surface area (Å²) in [6.07, 6.45) is 1.73. The van der Waals surface area contributed by atoms with E-state index in [1.165, 1.54) is 13.0 Å². The molecule has 1 heterocycles. The van der Waals surface area contributed by atoms with Gasteiger partial charge in [-0.1, -0.05) is 0 Å². The van der Waals surface area contributed by atoms with E-state index < -0.39 is 4.92 Å². The van der Waals surface area contributed by atoms with Gasteiger partial charge in [0.1, 0.15) is 5.69 Å². The molecule has 1 amide bonds. The Bertz CT molecular complexity index is 586. The molecular weight excluding hydrogens is 274 g/mol. The summed E-state index contributed by atoms with van der Waals surface area (Å²) in [7, 11) is 0. The molecule has 2 rings (SSSR count). The first-order valence-electron chi connectivity index (χ1n) is 6.80. The number of nitrogens with zero attached hydrogens (tertiary/aromatic N) is 1. The highest BCUT2D eigenvalue weighted by Crippen LogP contribution is 2.27. The van der Waals surface area contributed by atoms with Gasteiger partial charge in [0.25, 0.3) is 5.69 Å². The number of ketones is 1. The second-order valence-electron chi connectivity index (χ2n) is 5.06. The lowest BCUT2D eigenvalue weighted by molar-refractivity contribution is -0.384. The predicted molar refractivity (Wildman–Crippen MR) is 77.4 cm³/mol. The first kappa shape index (κ1) is 15.0. The van der Waals surface area contributed by atoms with Gasteiger partial charge < -0.3 is 10.6 Å². The van der Waals surface area contributed by atoms with Crippen molar-refractivity contribution in [3.63, 3.8) is 0 Å². The molecule has 0 saturated carbocycles. The van der Waals surface area contributed by atoms with Crippen LogP contribution in [0, 0.1) is 10.1 Å². The number of rotatable bonds is 4. The summed E-state index contributed by atoms with van der Waals surface area (Å²) >= 11 is 0. The van der Waals surface area contributed by atoms with Gasteiger partial charge in [-0.25, -0.2) is 0 Å². The number of Topliss-reactive ketones (excluding diaryl/α,β-unsaturated/α-hetero) is 1. The van der Waals surface area contributed by atoms with Crippen molar-refractivity contribution in [3.05, 3.63) is 33.9 Å². The number of benzene rings is 1. The lowest BCUT2D eigenvalue weighted by Crippen LogP contribution is -2.23. The summed E-state index contributed by atoms with van der Waals surface area (Å²) in [5.74, 6) is -0.213. The molecule has 1 aliphatic heterocycles. The third-order valence-corrected chi connectivity index (χ3v) is 3.50. The minimum Gasteiger partial charge on any atom is -0.377 e. The molecule has 21 heavy (non-hydrogen) atoms. The maximum Gasteiger partial charge on any atom is 0.293 e. The number of carbonyl (C=O) groups is 2. The van der Waals surface area contributed by atoms with Crippen LogP contribution in [0.15, 0.2) is 18.2 Å². The number of hydrogen-bond acceptors (Lipinski definition) is 5. The Hall–Kier alpha value is -2.44. The molecule has 1 atom stereocenters. The Labute approximate surface area is 121 Å². The molecule has 7 heteroatoms. The quantitative estimate of drug-likeness (QED) is 0.501. The fourth-order valence-electron chi connectivity index (χ4n) is 2.31. The van der Waals surface area contributed by atoms with Crippen LogP contribution in [0.2, 0.25) is 0 Å². The molecule has 0 radical (unpaired) electrons. The molecule has 1 aromatic rings. The Morgan fingerprint density at radius 1 is 1.43 bits per heavy atom. The molecule has 112 valence electrons. The maximum absolute atomic E-state index is 11.3. The van der Waals surface area contributed by atoms with Gasteiger partial charge in [-0.05, 0) is 31.9 Å². The van der Waals surface area contributed by atoms with Gasteiger partial charge in [0, 0.05) is 30.6 Å². The Kier molecular flexibility index (Phi) is 4.52. The molecule has 1 aromatic carbocycles. The number of hydrogen-bond donors (Lipinski definition) is 2. The highest BCUT2D eigenvalue weighted by atomic mass is 16.6. The Morgan fingerprint density at radius 2 is 2.19 bits per heavy atom. The zero-order valence-corrected chi connectivity index (χ0v) is 11.7. The largest absolute Gasteiger partial charge is 0.377 e. The number of amides is 1. The van der Waals surface area contributed by atoms with Crippen molar-refractivity contribution in [1.82, 2.24) is 5.32 Å². The third kappa shape index (κ3) is 3.77. The van der Waals surface area contributed by atoms with Crippen LogP contribution in [-0.4, -0.2) is 29.2 Å². The molecule has 0 spiro atoms. The van der Waals surface area contributed by atoms with E-state index in [1.54, 1.807) is 12.1 Å². The van der Waals surface area contributed by atoms with Crippen molar-refractivity contribution in [1.29, 1.82) is 0 Å². The van der Waals surface area contributed by atoms with Crippen LogP contribution < -0.4 is 10.6 Å². The Morgan fingerprint density at radius 3 is 2.86 bits per heavy atom. The molecule has 1 unspecified atom stereocenters. The van der Waals surface area contributed by atoms with Gasteiger partial charge in [0.2, 0.25) is 5.91 Å². The highest BCUT2D eigenvalue weighted by Gasteiger charge is 2.21. The van der Waals surface area contributed by atoms with Crippen LogP contribution in [0.25, 0.3) is 0 Å². The highest BCUT2D eigenvalue weighted by molar-refractivity contribution is 5.95. The van der Waals surface area contributed by atoms with Crippen molar-refractivity contribution in [2.24, 2.45) is 0 Å². The van der Waals surface area contributed by atoms with E-state index in [0.717, 1.165) is 0 Å². The minimum absolute atomic E-state index is 0.000673. The molecular formula is C14H17N3O4. The Balaban J connectivity index is 2.20. The smallest absolute Gasteiger partial charge is 0.293 e. The lowest BCUT2D eigenvalue weighted by Gasteiger charge is -2.17. The number of anilines is 1. The zero-order chi connectivity index (χ0) is 15.4. The number of nitro benzene ring substituents is 1. The van der Waals surface area contributed by atoms with Crippen LogP contribution in [0.4, 0.5) is 11.4 Å². The summed E-state index contributed by atoms with van der Waals surface area (Å²) in [6.45, 7) is 1.92. The van der Waals surface area contributed by atoms with Gasteiger partial charge >= 0.3 is 0 Å². The van der Waals surface area contributed by atoms with Crippen molar-refractivity contribution < 1.29 is 14.5 Å². The molecule has 0 aromatic heterocycles. The van der Waals surface area contributed by atoms with Gasteiger partial charge in [-0.3, -0.25) is 19.7 Å². The second kappa shape index (κ2) is 6.34. The number of carbonyl (C=O) groups excluding carboxylic acids is 2. The van der Waals surface area contributed by atoms with Crippen molar-refractivity contribution >= 4 is 23.1 Å². The third-order valence-electron chi connectivity index (χ3n) is 3.50. The minimum atomic E-state index is -0.505. The molecule has 1 aliphatic rings. The van der Waals surface area contributed by atoms with E-state index in [1.807, 2.05) is 0 Å². The lowest BCUT2D eigenvalue weighted by atomic mass is 10.1. The van der Waals surface area contributed by atoms with E-state index in [-0.39, 0.29) is 23.4 Å². The van der Waals surface area contributed by atoms with E-state index in [0.29, 0.717) is 37.1 Å².